The highest BCUT2D eigenvalue weighted by molar-refractivity contribution is 5.60. The Kier molecular flexibility index (Phi) is 25.6. The van der Waals surface area contributed by atoms with Crippen LogP contribution in [0.3, 0.4) is 0 Å². The van der Waals surface area contributed by atoms with E-state index in [1.165, 1.54) is 144 Å². The van der Waals surface area contributed by atoms with E-state index < -0.39 is 0 Å². The molecule has 0 fully saturated rings. The van der Waals surface area contributed by atoms with Gasteiger partial charge in [-0.2, -0.15) is 0 Å². The average molecular weight is 1070 g/mol. The van der Waals surface area contributed by atoms with Gasteiger partial charge < -0.3 is 18.9 Å². The summed E-state index contributed by atoms with van der Waals surface area (Å²) in [5, 5.41) is 0. The molecule has 4 aromatic carbocycles. The van der Waals surface area contributed by atoms with Gasteiger partial charge in [0, 0.05) is 25.7 Å². The molecule has 1 aliphatic carbocycles. The predicted octanol–water partition coefficient (Wildman–Crippen LogP) is 21.3. The smallest absolute Gasteiger partial charge is 0.126 e. The summed E-state index contributed by atoms with van der Waals surface area (Å²) < 4.78 is 29.1. The number of hydrogen-bond donors (Lipinski definition) is 0. The molecular formula is C74H112O4. The first-order valence-electron chi connectivity index (χ1n) is 31.5. The Balaban J connectivity index is 1.82. The van der Waals surface area contributed by atoms with Crippen molar-refractivity contribution < 1.29 is 18.9 Å². The van der Waals surface area contributed by atoms with Gasteiger partial charge in [-0.3, -0.25) is 0 Å². The fourth-order valence-electron chi connectivity index (χ4n) is 10.9. The van der Waals surface area contributed by atoms with Crippen LogP contribution in [0, 0.1) is 0 Å². The van der Waals surface area contributed by atoms with Crippen LogP contribution in [0.5, 0.6) is 23.0 Å². The van der Waals surface area contributed by atoms with Crippen molar-refractivity contribution >= 4 is 0 Å². The van der Waals surface area contributed by atoms with Gasteiger partial charge in [-0.05, 0) is 140 Å². The number of fused-ring (bicyclic) bond motifs is 8. The number of rotatable bonds is 30. The largest absolute Gasteiger partial charge is 0.493 e. The van der Waals surface area contributed by atoms with Gasteiger partial charge in [0.05, 0.1) is 26.4 Å². The summed E-state index contributed by atoms with van der Waals surface area (Å²) in [5.41, 5.74) is 14.8. The minimum atomic E-state index is -0.0965. The van der Waals surface area contributed by atoms with Crippen LogP contribution in [0.25, 0.3) is 0 Å². The molecule has 1 aliphatic rings. The number of hydrogen-bond acceptors (Lipinski definition) is 4. The summed E-state index contributed by atoms with van der Waals surface area (Å²) in [5.74, 6) is 4.12. The van der Waals surface area contributed by atoms with E-state index >= 15 is 0 Å². The lowest BCUT2D eigenvalue weighted by Crippen LogP contribution is -2.18. The van der Waals surface area contributed by atoms with Crippen molar-refractivity contribution in [3.8, 4) is 23.0 Å². The third-order valence-corrected chi connectivity index (χ3v) is 16.0. The highest BCUT2D eigenvalue weighted by Gasteiger charge is 2.29. The van der Waals surface area contributed by atoms with Crippen molar-refractivity contribution in [1.29, 1.82) is 0 Å². The van der Waals surface area contributed by atoms with Crippen LogP contribution in [0.1, 0.15) is 292 Å². The molecule has 0 amide bonds. The summed E-state index contributed by atoms with van der Waals surface area (Å²) in [6.45, 7) is 43.4. The van der Waals surface area contributed by atoms with Gasteiger partial charge in [-0.1, -0.05) is 235 Å². The molecule has 0 spiro atoms. The molecule has 0 atom stereocenters. The molecule has 8 bridgehead atoms. The zero-order valence-electron chi connectivity index (χ0n) is 52.6. The molecule has 0 saturated heterocycles. The van der Waals surface area contributed by atoms with E-state index in [4.69, 9.17) is 18.9 Å². The van der Waals surface area contributed by atoms with Gasteiger partial charge in [-0.15, -0.1) is 13.2 Å². The summed E-state index contributed by atoms with van der Waals surface area (Å²) in [6, 6.07) is 19.8. The Labute approximate surface area is 479 Å². The fourth-order valence-corrected chi connectivity index (χ4v) is 10.9. The topological polar surface area (TPSA) is 36.9 Å². The number of ether oxygens (including phenoxy) is 4. The molecule has 4 nitrogen and oxygen atoms in total. The van der Waals surface area contributed by atoms with Gasteiger partial charge in [0.1, 0.15) is 23.0 Å². The van der Waals surface area contributed by atoms with Gasteiger partial charge in [-0.25, -0.2) is 0 Å². The van der Waals surface area contributed by atoms with Crippen LogP contribution in [0.15, 0.2) is 73.8 Å². The van der Waals surface area contributed by atoms with E-state index in [0.29, 0.717) is 52.1 Å². The average Bonchev–Trinajstić information content (AvgIpc) is 3.39. The third-order valence-electron chi connectivity index (χ3n) is 16.0. The van der Waals surface area contributed by atoms with Gasteiger partial charge >= 0.3 is 0 Å². The van der Waals surface area contributed by atoms with E-state index in [-0.39, 0.29) is 21.7 Å². The number of allylic oxidation sites excluding steroid dienone is 2. The molecule has 4 heteroatoms. The van der Waals surface area contributed by atoms with Crippen LogP contribution < -0.4 is 18.9 Å². The molecule has 78 heavy (non-hydrogen) atoms. The Hall–Kier alpha value is -4.44. The summed E-state index contributed by atoms with van der Waals surface area (Å²) >= 11 is 0. The molecule has 0 aromatic heterocycles. The minimum Gasteiger partial charge on any atom is -0.493 e. The van der Waals surface area contributed by atoms with Crippen molar-refractivity contribution in [3.05, 3.63) is 141 Å². The van der Waals surface area contributed by atoms with Gasteiger partial charge in [0.25, 0.3) is 0 Å². The minimum absolute atomic E-state index is 0.0958. The van der Waals surface area contributed by atoms with Crippen LogP contribution in [-0.2, 0) is 47.3 Å². The normalized spacial score (nSPS) is 13.1. The molecule has 0 radical (unpaired) electrons. The maximum Gasteiger partial charge on any atom is 0.126 e. The monoisotopic (exact) mass is 1060 g/mol. The fraction of sp³-hybridized carbons (Fsp3) is 0.622. The summed E-state index contributed by atoms with van der Waals surface area (Å²) in [7, 11) is 0. The summed E-state index contributed by atoms with van der Waals surface area (Å²) in [4.78, 5) is 0. The summed E-state index contributed by atoms with van der Waals surface area (Å²) in [6.07, 6.45) is 30.4. The molecule has 0 heterocycles. The van der Waals surface area contributed by atoms with Crippen LogP contribution >= 0.6 is 0 Å². The second kappa shape index (κ2) is 31.0. The Morgan fingerprint density at radius 3 is 0.692 bits per heavy atom. The second-order valence-corrected chi connectivity index (χ2v) is 27.4. The maximum absolute atomic E-state index is 7.33. The van der Waals surface area contributed by atoms with E-state index in [0.717, 1.165) is 74.4 Å². The molecular weight excluding hydrogens is 953 g/mol. The standard InChI is InChI=1S/C74H112O4/c1-17-21-25-27-29-31-33-35-37-41-77-69-59-43-55-47-63(71(5,6)7)49-57(67(55)75-39-23-19-3)45-61-53-66(74(14,15)16)54-62(70(61)78-42-38-36-34-32-30-28-26-22-18-2)46-58-50-64(72(8,9)10)48-56(68(58)76-40-24-20-4)44-60(69)52-65(51-59)73(11,12)13/h17-18,47-54H,1-2,19-46H2,3-16H3. The van der Waals surface area contributed by atoms with Crippen LogP contribution in [0.4, 0.5) is 0 Å². The quantitative estimate of drug-likeness (QED) is 0.0339. The maximum atomic E-state index is 7.33. The van der Waals surface area contributed by atoms with E-state index in [2.05, 4.69) is 171 Å². The van der Waals surface area contributed by atoms with Crippen molar-refractivity contribution in [2.24, 2.45) is 0 Å². The lowest BCUT2D eigenvalue weighted by atomic mass is 9.79. The zero-order chi connectivity index (χ0) is 56.9. The lowest BCUT2D eigenvalue weighted by Gasteiger charge is -2.29. The van der Waals surface area contributed by atoms with Gasteiger partial charge in [0.15, 0.2) is 0 Å². The highest BCUT2D eigenvalue weighted by Crippen LogP contribution is 2.45. The third kappa shape index (κ3) is 20.0. The van der Waals surface area contributed by atoms with E-state index in [9.17, 15) is 0 Å². The molecule has 0 unspecified atom stereocenters. The predicted molar refractivity (Wildman–Crippen MR) is 338 cm³/mol. The number of unbranched alkanes of at least 4 members (excludes halogenated alkanes) is 16. The second-order valence-electron chi connectivity index (χ2n) is 27.4. The van der Waals surface area contributed by atoms with Crippen LogP contribution in [-0.4, -0.2) is 26.4 Å². The Morgan fingerprint density at radius 2 is 0.500 bits per heavy atom. The molecule has 5 rings (SSSR count). The molecule has 0 N–H and O–H groups in total. The van der Waals surface area contributed by atoms with E-state index in [1.807, 2.05) is 0 Å². The SMILES string of the molecule is C=CCCCCCCCCCOc1c2cc(C(C)(C)C)cc1Cc1cc(C(C)(C)C)cc(c1OCCCC)Cc1cc(C(C)(C)C)cc(c1OCCCCCCCCCC=C)Cc1cc(C(C)(C)C)cc(c1OCCCC)C2. The molecule has 4 aromatic rings. The Morgan fingerprint density at radius 1 is 0.308 bits per heavy atom. The first-order valence-corrected chi connectivity index (χ1v) is 31.5. The Bertz CT molecular complexity index is 2200. The molecule has 432 valence electrons. The lowest BCUT2D eigenvalue weighted by molar-refractivity contribution is 0.294. The van der Waals surface area contributed by atoms with Crippen molar-refractivity contribution in [2.75, 3.05) is 26.4 Å². The van der Waals surface area contributed by atoms with E-state index in [1.54, 1.807) is 0 Å². The first kappa shape index (κ1) is 64.4. The molecule has 0 saturated carbocycles. The molecule has 0 aliphatic heterocycles. The van der Waals surface area contributed by atoms with Gasteiger partial charge in [0.2, 0.25) is 0 Å². The number of benzene rings is 4. The van der Waals surface area contributed by atoms with Crippen molar-refractivity contribution in [1.82, 2.24) is 0 Å². The highest BCUT2D eigenvalue weighted by atomic mass is 16.5. The zero-order valence-corrected chi connectivity index (χ0v) is 52.6. The van der Waals surface area contributed by atoms with Crippen molar-refractivity contribution in [3.63, 3.8) is 0 Å². The first-order chi connectivity index (χ1) is 37.1. The van der Waals surface area contributed by atoms with Crippen molar-refractivity contribution in [2.45, 2.75) is 273 Å². The van der Waals surface area contributed by atoms with Crippen LogP contribution in [0.2, 0.25) is 0 Å².